The van der Waals surface area contributed by atoms with Crippen LogP contribution in [0.4, 0.5) is 0 Å². The van der Waals surface area contributed by atoms with E-state index in [-0.39, 0.29) is 37.3 Å². The number of carboxylic acids is 1. The van der Waals surface area contributed by atoms with E-state index < -0.39 is 17.9 Å². The second-order valence-electron chi connectivity index (χ2n) is 9.53. The van der Waals surface area contributed by atoms with Gasteiger partial charge in [0.2, 0.25) is 5.91 Å². The SMILES string of the molecule is CC(C)CC1C[N+](=O)C(C(=O)O)Cc2ccc(cc2)OCCCC1C(=O)NOCc1ccccc1. The number of aliphatic carboxylic acids is 1. The molecule has 4 rings (SSSR count). The van der Waals surface area contributed by atoms with E-state index in [9.17, 15) is 19.6 Å². The van der Waals surface area contributed by atoms with Gasteiger partial charge in [-0.05, 0) is 48.4 Å². The summed E-state index contributed by atoms with van der Waals surface area (Å²) >= 11 is 0. The van der Waals surface area contributed by atoms with Gasteiger partial charge in [-0.2, -0.15) is 0 Å². The van der Waals surface area contributed by atoms with Gasteiger partial charge < -0.3 is 9.84 Å². The van der Waals surface area contributed by atoms with Crippen molar-refractivity contribution in [3.05, 3.63) is 70.6 Å². The van der Waals surface area contributed by atoms with Gasteiger partial charge in [-0.25, -0.2) is 10.3 Å². The van der Waals surface area contributed by atoms with Gasteiger partial charge in [-0.1, -0.05) is 56.3 Å². The van der Waals surface area contributed by atoms with Gasteiger partial charge in [0.1, 0.15) is 5.75 Å². The zero-order valence-corrected chi connectivity index (χ0v) is 20.4. The second kappa shape index (κ2) is 13.0. The van der Waals surface area contributed by atoms with E-state index in [0.29, 0.717) is 36.4 Å². The maximum atomic E-state index is 13.2. The summed E-state index contributed by atoms with van der Waals surface area (Å²) in [5.74, 6) is -1.45. The molecule has 0 spiro atoms. The molecule has 8 heteroatoms. The maximum Gasteiger partial charge on any atom is 0.377 e. The number of hydroxylamine groups is 1. The Morgan fingerprint density at radius 1 is 1.14 bits per heavy atom. The Balaban J connectivity index is 1.79. The van der Waals surface area contributed by atoms with Crippen molar-refractivity contribution in [1.82, 2.24) is 5.48 Å². The number of hydrogen-bond acceptors (Lipinski definition) is 5. The quantitative estimate of drug-likeness (QED) is 0.453. The van der Waals surface area contributed by atoms with Gasteiger partial charge >= 0.3 is 5.97 Å². The predicted molar refractivity (Wildman–Crippen MR) is 131 cm³/mol. The molecule has 1 amide bonds. The number of ether oxygens (including phenoxy) is 1. The van der Waals surface area contributed by atoms with E-state index in [1.807, 2.05) is 44.2 Å². The van der Waals surface area contributed by atoms with Crippen LogP contribution in [0.25, 0.3) is 0 Å². The van der Waals surface area contributed by atoms with E-state index in [2.05, 4.69) is 5.48 Å². The molecule has 35 heavy (non-hydrogen) atoms. The van der Waals surface area contributed by atoms with E-state index in [1.165, 1.54) is 0 Å². The monoisotopic (exact) mass is 483 g/mol. The van der Waals surface area contributed by atoms with Gasteiger partial charge in [0.25, 0.3) is 6.04 Å². The molecule has 2 aromatic rings. The van der Waals surface area contributed by atoms with Crippen LogP contribution < -0.4 is 10.2 Å². The molecule has 0 saturated heterocycles. The van der Waals surface area contributed by atoms with Crippen LogP contribution in [0.1, 0.15) is 44.2 Å². The number of fused-ring (bicyclic) bond motifs is 11. The highest BCUT2D eigenvalue weighted by atomic mass is 16.6. The molecule has 0 radical (unpaired) electrons. The molecule has 0 saturated carbocycles. The number of carbonyl (C=O) groups excluding carboxylic acids is 1. The molecule has 0 aromatic heterocycles. The summed E-state index contributed by atoms with van der Waals surface area (Å²) < 4.78 is 6.47. The topological polar surface area (TPSA) is 105 Å². The summed E-state index contributed by atoms with van der Waals surface area (Å²) in [5.41, 5.74) is 4.23. The lowest BCUT2D eigenvalue weighted by Crippen LogP contribution is -2.42. The average molecular weight is 484 g/mol. The highest BCUT2D eigenvalue weighted by Gasteiger charge is 2.39. The Kier molecular flexibility index (Phi) is 9.78. The third kappa shape index (κ3) is 8.17. The van der Waals surface area contributed by atoms with Crippen LogP contribution in [-0.4, -0.2) is 40.9 Å². The van der Waals surface area contributed by atoms with Crippen LogP contribution in [0.3, 0.4) is 0 Å². The van der Waals surface area contributed by atoms with Crippen molar-refractivity contribution in [2.45, 2.75) is 52.2 Å². The number of benzene rings is 2. The zero-order chi connectivity index (χ0) is 25.2. The van der Waals surface area contributed by atoms with Crippen molar-refractivity contribution < 1.29 is 29.0 Å². The van der Waals surface area contributed by atoms with Gasteiger partial charge in [-0.3, -0.25) is 9.63 Å². The molecule has 3 unspecified atom stereocenters. The molecule has 2 heterocycles. The van der Waals surface area contributed by atoms with Crippen molar-refractivity contribution >= 4 is 11.9 Å². The fourth-order valence-corrected chi connectivity index (χ4v) is 4.50. The number of carbonyl (C=O) groups is 2. The van der Waals surface area contributed by atoms with Gasteiger partial charge in [-0.15, -0.1) is 0 Å². The molecule has 0 aliphatic carbocycles. The third-order valence-electron chi connectivity index (χ3n) is 6.26. The Morgan fingerprint density at radius 3 is 2.51 bits per heavy atom. The van der Waals surface area contributed by atoms with Crippen LogP contribution in [-0.2, 0) is 27.5 Å². The van der Waals surface area contributed by atoms with Crippen LogP contribution in [0.2, 0.25) is 0 Å². The fourth-order valence-electron chi connectivity index (χ4n) is 4.50. The number of rotatable bonds is 7. The summed E-state index contributed by atoms with van der Waals surface area (Å²) in [6.45, 7) is 4.66. The number of nitrogens with zero attached hydrogens (tertiary/aromatic N) is 1. The average Bonchev–Trinajstić information content (AvgIpc) is 2.82. The van der Waals surface area contributed by atoms with Gasteiger partial charge in [0.05, 0.1) is 19.6 Å². The van der Waals surface area contributed by atoms with Gasteiger partial charge in [0, 0.05) is 21.5 Å². The largest absolute Gasteiger partial charge is 0.494 e. The summed E-state index contributed by atoms with van der Waals surface area (Å²) in [7, 11) is 0. The molecule has 2 aliphatic rings. The first-order valence-corrected chi connectivity index (χ1v) is 12.2. The van der Waals surface area contributed by atoms with Gasteiger partial charge in [0.15, 0.2) is 6.54 Å². The summed E-state index contributed by atoms with van der Waals surface area (Å²) in [6, 6.07) is 15.4. The third-order valence-corrected chi connectivity index (χ3v) is 6.26. The highest BCUT2D eigenvalue weighted by Crippen LogP contribution is 2.27. The van der Waals surface area contributed by atoms with E-state index in [4.69, 9.17) is 9.57 Å². The van der Waals surface area contributed by atoms with Crippen LogP contribution in [0, 0.1) is 22.7 Å². The van der Waals surface area contributed by atoms with Crippen molar-refractivity contribution in [3.63, 3.8) is 0 Å². The Labute approximate surface area is 206 Å². The minimum absolute atomic E-state index is 0.0507. The van der Waals surface area contributed by atoms with Crippen molar-refractivity contribution in [3.8, 4) is 5.75 Å². The highest BCUT2D eigenvalue weighted by molar-refractivity contribution is 5.78. The maximum absolute atomic E-state index is 13.2. The lowest BCUT2D eigenvalue weighted by atomic mass is 9.81. The zero-order valence-electron chi connectivity index (χ0n) is 20.4. The number of hydrogen-bond donors (Lipinski definition) is 2. The number of nitrogens with one attached hydrogen (secondary N) is 1. The molecule has 188 valence electrons. The smallest absolute Gasteiger partial charge is 0.377 e. The fraction of sp³-hybridized carbons (Fsp3) is 0.481. The molecule has 0 fully saturated rings. The van der Waals surface area contributed by atoms with Crippen LogP contribution >= 0.6 is 0 Å². The van der Waals surface area contributed by atoms with Crippen molar-refractivity contribution in [1.29, 1.82) is 0 Å². The summed E-state index contributed by atoms with van der Waals surface area (Å²) in [6.07, 6.45) is 1.77. The molecule has 3 atom stereocenters. The molecule has 2 aromatic carbocycles. The summed E-state index contributed by atoms with van der Waals surface area (Å²) in [5, 5.41) is 9.78. The number of nitroso groups, excluding NO2 is 1. The van der Waals surface area contributed by atoms with Crippen molar-refractivity contribution in [2.24, 2.45) is 17.8 Å². The standard InChI is InChI=1S/C27H34N2O6/c1-19(2)15-22-17-29(33)25(27(31)32)16-20-10-12-23(13-11-20)34-14-6-9-24(22)26(30)28-35-18-21-7-4-3-5-8-21/h3-5,7-8,10-13,19,22,24-25H,6,9,14-18H2,1-2H3,(H-,28,30,31,32)/p+1. The Bertz CT molecular complexity index is 977. The minimum Gasteiger partial charge on any atom is -0.494 e. The molecular weight excluding hydrogens is 448 g/mol. The molecule has 8 nitrogen and oxygen atoms in total. The molecule has 2 bridgehead atoms. The first-order valence-electron chi connectivity index (χ1n) is 12.2. The second-order valence-corrected chi connectivity index (χ2v) is 9.53. The van der Waals surface area contributed by atoms with Crippen molar-refractivity contribution in [2.75, 3.05) is 13.2 Å². The Morgan fingerprint density at radius 2 is 1.86 bits per heavy atom. The molecule has 2 aliphatic heterocycles. The summed E-state index contributed by atoms with van der Waals surface area (Å²) in [4.78, 5) is 43.8. The van der Waals surface area contributed by atoms with E-state index in [0.717, 1.165) is 11.1 Å². The van der Waals surface area contributed by atoms with E-state index in [1.54, 1.807) is 24.3 Å². The minimum atomic E-state index is -1.24. The lowest BCUT2D eigenvalue weighted by Gasteiger charge is -2.26. The Hall–Kier alpha value is -3.26. The number of carboxylic acid groups (broad SMARTS) is 1. The van der Waals surface area contributed by atoms with Crippen LogP contribution in [0.5, 0.6) is 5.75 Å². The molecular formula is C27H35N2O6+. The first-order chi connectivity index (χ1) is 16.8. The lowest BCUT2D eigenvalue weighted by molar-refractivity contribution is -0.582. The van der Waals surface area contributed by atoms with E-state index >= 15 is 0 Å². The first kappa shape index (κ1) is 26.3. The molecule has 2 N–H and O–H groups in total. The normalized spacial score (nSPS) is 21.2. The number of amides is 1. The van der Waals surface area contributed by atoms with Crippen LogP contribution in [0.15, 0.2) is 54.6 Å². The predicted octanol–water partition coefficient (Wildman–Crippen LogP) is 4.16.